The van der Waals surface area contributed by atoms with Gasteiger partial charge in [-0.25, -0.2) is 0 Å². The van der Waals surface area contributed by atoms with E-state index in [0.29, 0.717) is 15.6 Å². The summed E-state index contributed by atoms with van der Waals surface area (Å²) in [4.78, 5) is 24.0. The Bertz CT molecular complexity index is 484. The van der Waals surface area contributed by atoms with Crippen LogP contribution in [-0.4, -0.2) is 35.0 Å². The van der Waals surface area contributed by atoms with Crippen molar-refractivity contribution in [2.45, 2.75) is 0 Å². The summed E-state index contributed by atoms with van der Waals surface area (Å²) in [5.74, 6) is -1.64. The summed E-state index contributed by atoms with van der Waals surface area (Å²) in [6, 6.07) is 4.63. The molecule has 90 valence electrons. The van der Waals surface area contributed by atoms with Crippen LogP contribution < -0.4 is 0 Å². The van der Waals surface area contributed by atoms with Gasteiger partial charge in [0.25, 0.3) is 5.91 Å². The van der Waals surface area contributed by atoms with E-state index in [0.717, 1.165) is 0 Å². The minimum absolute atomic E-state index is 0.219. The van der Waals surface area contributed by atoms with Gasteiger partial charge in [-0.05, 0) is 18.2 Å². The number of carboxylic acids is 1. The zero-order valence-electron chi connectivity index (χ0n) is 8.69. The van der Waals surface area contributed by atoms with Crippen molar-refractivity contribution in [3.05, 3.63) is 33.8 Å². The molecule has 0 aromatic heterocycles. The van der Waals surface area contributed by atoms with Gasteiger partial charge < -0.3 is 10.0 Å². The zero-order valence-corrected chi connectivity index (χ0v) is 10.2. The van der Waals surface area contributed by atoms with Gasteiger partial charge in [0.05, 0.1) is 16.5 Å². The lowest BCUT2D eigenvalue weighted by molar-refractivity contribution is -0.146. The largest absolute Gasteiger partial charge is 0.481 e. The summed E-state index contributed by atoms with van der Waals surface area (Å²) < 4.78 is 0. The zero-order chi connectivity index (χ0) is 12.6. The fraction of sp³-hybridized carbons (Fsp3) is 0.273. The van der Waals surface area contributed by atoms with Gasteiger partial charge in [0, 0.05) is 18.1 Å². The number of carbonyl (C=O) groups is 2. The number of rotatable bonds is 2. The Labute approximate surface area is 108 Å². The topological polar surface area (TPSA) is 57.6 Å². The first kappa shape index (κ1) is 12.2. The van der Waals surface area contributed by atoms with E-state index in [9.17, 15) is 9.59 Å². The molecule has 0 aliphatic carbocycles. The van der Waals surface area contributed by atoms with Gasteiger partial charge in [-0.2, -0.15) is 0 Å². The number of benzene rings is 1. The highest BCUT2D eigenvalue weighted by Gasteiger charge is 2.36. The molecule has 0 bridgehead atoms. The molecule has 0 spiro atoms. The van der Waals surface area contributed by atoms with Gasteiger partial charge in [-0.1, -0.05) is 23.2 Å². The normalized spacial score (nSPS) is 15.5. The van der Waals surface area contributed by atoms with Gasteiger partial charge in [0.15, 0.2) is 0 Å². The Kier molecular flexibility index (Phi) is 3.26. The standard InChI is InChI=1S/C11H9Cl2NO3/c12-7-1-2-9(13)8(3-7)10(15)14-4-6(5-14)11(16)17/h1-3,6H,4-5H2,(H,16,17). The molecule has 0 radical (unpaired) electrons. The Morgan fingerprint density at radius 1 is 1.29 bits per heavy atom. The van der Waals surface area contributed by atoms with Gasteiger partial charge in [-0.3, -0.25) is 9.59 Å². The quantitative estimate of drug-likeness (QED) is 0.898. The van der Waals surface area contributed by atoms with Crippen LogP contribution in [0.15, 0.2) is 18.2 Å². The third kappa shape index (κ3) is 2.37. The number of carbonyl (C=O) groups excluding carboxylic acids is 1. The van der Waals surface area contributed by atoms with Crippen LogP contribution in [0, 0.1) is 5.92 Å². The second-order valence-corrected chi connectivity index (χ2v) is 4.71. The predicted octanol–water partition coefficient (Wildman–Crippen LogP) is 2.15. The molecule has 1 aliphatic heterocycles. The molecule has 0 saturated carbocycles. The average molecular weight is 274 g/mol. The molecular weight excluding hydrogens is 265 g/mol. The van der Waals surface area contributed by atoms with E-state index in [-0.39, 0.29) is 19.0 Å². The van der Waals surface area contributed by atoms with Gasteiger partial charge in [0.2, 0.25) is 0 Å². The number of carboxylic acid groups (broad SMARTS) is 1. The monoisotopic (exact) mass is 273 g/mol. The van der Waals surface area contributed by atoms with E-state index in [2.05, 4.69) is 0 Å². The van der Waals surface area contributed by atoms with E-state index in [1.54, 1.807) is 12.1 Å². The fourth-order valence-electron chi connectivity index (χ4n) is 1.63. The van der Waals surface area contributed by atoms with Crippen LogP contribution in [-0.2, 0) is 4.79 Å². The summed E-state index contributed by atoms with van der Waals surface area (Å²) in [5, 5.41) is 9.46. The maximum Gasteiger partial charge on any atom is 0.310 e. The minimum atomic E-state index is -0.883. The van der Waals surface area contributed by atoms with Crippen molar-refractivity contribution in [2.75, 3.05) is 13.1 Å². The first-order valence-corrected chi connectivity index (χ1v) is 5.72. The van der Waals surface area contributed by atoms with Gasteiger partial charge >= 0.3 is 5.97 Å². The van der Waals surface area contributed by atoms with Crippen molar-refractivity contribution in [3.8, 4) is 0 Å². The summed E-state index contributed by atoms with van der Waals surface area (Å²) in [7, 11) is 0. The molecule has 1 fully saturated rings. The summed E-state index contributed by atoms with van der Waals surface area (Å²) in [6.45, 7) is 0.439. The van der Waals surface area contributed by atoms with E-state index >= 15 is 0 Å². The summed E-state index contributed by atoms with van der Waals surface area (Å²) >= 11 is 11.7. The maximum absolute atomic E-state index is 12.0. The number of amides is 1. The summed E-state index contributed by atoms with van der Waals surface area (Å²) in [6.07, 6.45) is 0. The lowest BCUT2D eigenvalue weighted by Crippen LogP contribution is -2.53. The Morgan fingerprint density at radius 3 is 2.53 bits per heavy atom. The van der Waals surface area contributed by atoms with Crippen LogP contribution in [0.3, 0.4) is 0 Å². The molecule has 2 rings (SSSR count). The van der Waals surface area contributed by atoms with Crippen molar-refractivity contribution in [1.29, 1.82) is 0 Å². The van der Waals surface area contributed by atoms with Crippen molar-refractivity contribution >= 4 is 35.1 Å². The van der Waals surface area contributed by atoms with Crippen LogP contribution in [0.4, 0.5) is 0 Å². The highest BCUT2D eigenvalue weighted by molar-refractivity contribution is 6.35. The Balaban J connectivity index is 2.11. The van der Waals surface area contributed by atoms with Crippen molar-refractivity contribution in [1.82, 2.24) is 4.90 Å². The Hall–Kier alpha value is -1.26. The highest BCUT2D eigenvalue weighted by Crippen LogP contribution is 2.25. The van der Waals surface area contributed by atoms with E-state index in [4.69, 9.17) is 28.3 Å². The Morgan fingerprint density at radius 2 is 1.94 bits per heavy atom. The lowest BCUT2D eigenvalue weighted by Gasteiger charge is -2.36. The molecular formula is C11H9Cl2NO3. The molecule has 0 atom stereocenters. The number of halogens is 2. The third-order valence-corrected chi connectivity index (χ3v) is 3.24. The second-order valence-electron chi connectivity index (χ2n) is 3.87. The van der Waals surface area contributed by atoms with E-state index in [1.165, 1.54) is 11.0 Å². The SMILES string of the molecule is O=C(O)C1CN(C(=O)c2cc(Cl)ccc2Cl)C1. The third-order valence-electron chi connectivity index (χ3n) is 2.68. The van der Waals surface area contributed by atoms with Crippen LogP contribution in [0.2, 0.25) is 10.0 Å². The molecule has 1 aromatic carbocycles. The number of likely N-dealkylation sites (tertiary alicyclic amines) is 1. The molecule has 17 heavy (non-hydrogen) atoms. The molecule has 1 N–H and O–H groups in total. The van der Waals surface area contributed by atoms with Crippen molar-refractivity contribution in [2.24, 2.45) is 5.92 Å². The smallest absolute Gasteiger partial charge is 0.310 e. The van der Waals surface area contributed by atoms with Crippen LogP contribution in [0.1, 0.15) is 10.4 Å². The number of aliphatic carboxylic acids is 1. The average Bonchev–Trinajstić information content (AvgIpc) is 2.18. The first-order chi connectivity index (χ1) is 7.99. The molecule has 6 heteroatoms. The van der Waals surface area contributed by atoms with Crippen LogP contribution in [0.5, 0.6) is 0 Å². The number of hydrogen-bond acceptors (Lipinski definition) is 2. The van der Waals surface area contributed by atoms with Crippen molar-refractivity contribution in [3.63, 3.8) is 0 Å². The second kappa shape index (κ2) is 4.55. The molecule has 1 aliphatic rings. The summed E-state index contributed by atoms with van der Waals surface area (Å²) in [5.41, 5.74) is 0.308. The molecule has 1 aromatic rings. The first-order valence-electron chi connectivity index (χ1n) is 4.96. The van der Waals surface area contributed by atoms with Gasteiger partial charge in [-0.15, -0.1) is 0 Å². The highest BCUT2D eigenvalue weighted by atomic mass is 35.5. The number of hydrogen-bond donors (Lipinski definition) is 1. The molecule has 0 unspecified atom stereocenters. The maximum atomic E-state index is 12.0. The van der Waals surface area contributed by atoms with E-state index in [1.807, 2.05) is 0 Å². The molecule has 1 saturated heterocycles. The molecule has 1 amide bonds. The van der Waals surface area contributed by atoms with Crippen LogP contribution in [0.25, 0.3) is 0 Å². The fourth-order valence-corrected chi connectivity index (χ4v) is 2.00. The van der Waals surface area contributed by atoms with Crippen LogP contribution >= 0.6 is 23.2 Å². The van der Waals surface area contributed by atoms with E-state index < -0.39 is 11.9 Å². The van der Waals surface area contributed by atoms with Crippen molar-refractivity contribution < 1.29 is 14.7 Å². The number of nitrogens with zero attached hydrogens (tertiary/aromatic N) is 1. The predicted molar refractivity (Wildman–Crippen MR) is 63.5 cm³/mol. The lowest BCUT2D eigenvalue weighted by atomic mass is 9.99. The minimum Gasteiger partial charge on any atom is -0.481 e. The molecule has 1 heterocycles. The molecule has 4 nitrogen and oxygen atoms in total. The van der Waals surface area contributed by atoms with Gasteiger partial charge in [0.1, 0.15) is 0 Å².